The van der Waals surface area contributed by atoms with Gasteiger partial charge in [-0.15, -0.1) is 0 Å². The van der Waals surface area contributed by atoms with Crippen molar-refractivity contribution in [2.45, 2.75) is 24.7 Å². The molecule has 1 fully saturated rings. The number of halogens is 2. The molecule has 2 aliphatic rings. The Balaban J connectivity index is 1.45. The highest BCUT2D eigenvalue weighted by atomic mass is 35.5. The molecule has 2 aromatic rings. The summed E-state index contributed by atoms with van der Waals surface area (Å²) in [7, 11) is -4.39. The van der Waals surface area contributed by atoms with Gasteiger partial charge in [-0.2, -0.15) is 4.31 Å². The molecule has 0 saturated carbocycles. The van der Waals surface area contributed by atoms with Crippen LogP contribution in [0, 0.1) is 0 Å². The molecule has 4 rings (SSSR count). The third-order valence-corrected chi connectivity index (χ3v) is 8.80. The molecule has 0 aliphatic carbocycles. The van der Waals surface area contributed by atoms with Crippen molar-refractivity contribution < 1.29 is 37.0 Å². The van der Waals surface area contributed by atoms with Crippen LogP contribution in [0.25, 0.3) is 0 Å². The van der Waals surface area contributed by atoms with Gasteiger partial charge >= 0.3 is 5.97 Å². The summed E-state index contributed by atoms with van der Waals surface area (Å²) in [5.74, 6) is -2.34. The minimum absolute atomic E-state index is 0.0189. The number of carbonyl (C=O) groups excluding carboxylic acids is 3. The molecule has 216 valence electrons. The molecular weight excluding hydrogens is 585 g/mol. The number of nitrogens with zero attached hydrogens (tertiary/aromatic N) is 2. The fourth-order valence-corrected chi connectivity index (χ4v) is 6.34. The first kappa shape index (κ1) is 30.1. The number of carbonyl (C=O) groups is 3. The molecule has 14 heteroatoms. The zero-order chi connectivity index (χ0) is 29.0. The molecule has 1 saturated heterocycles. The number of hydrogen-bond acceptors (Lipinski definition) is 9. The molecule has 0 bridgehead atoms. The molecule has 2 aliphatic heterocycles. The summed E-state index contributed by atoms with van der Waals surface area (Å²) < 4.78 is 43.2. The minimum Gasteiger partial charge on any atom is -0.484 e. The van der Waals surface area contributed by atoms with E-state index in [4.69, 9.17) is 37.4 Å². The van der Waals surface area contributed by atoms with Crippen LogP contribution in [0.15, 0.2) is 35.2 Å². The molecule has 11 nitrogen and oxygen atoms in total. The van der Waals surface area contributed by atoms with Crippen molar-refractivity contribution in [2.75, 3.05) is 52.7 Å². The summed E-state index contributed by atoms with van der Waals surface area (Å²) in [6, 6.07) is 7.13. The Morgan fingerprint density at radius 2 is 1.80 bits per heavy atom. The van der Waals surface area contributed by atoms with Crippen LogP contribution in [0.5, 0.6) is 5.75 Å². The lowest BCUT2D eigenvalue weighted by Gasteiger charge is -2.26. The van der Waals surface area contributed by atoms with Crippen molar-refractivity contribution in [3.05, 3.63) is 57.1 Å². The Bertz CT molecular complexity index is 1390. The van der Waals surface area contributed by atoms with Gasteiger partial charge in [-0.1, -0.05) is 43.1 Å². The predicted molar refractivity (Wildman–Crippen MR) is 146 cm³/mol. The van der Waals surface area contributed by atoms with E-state index in [-0.39, 0.29) is 50.2 Å². The Morgan fingerprint density at radius 1 is 1.12 bits per heavy atom. The minimum atomic E-state index is -4.39. The zero-order valence-electron chi connectivity index (χ0n) is 21.9. The zero-order valence-corrected chi connectivity index (χ0v) is 24.3. The van der Waals surface area contributed by atoms with Crippen molar-refractivity contribution in [2.24, 2.45) is 0 Å². The van der Waals surface area contributed by atoms with E-state index in [2.05, 4.69) is 10.2 Å². The van der Waals surface area contributed by atoms with Gasteiger partial charge in [0.1, 0.15) is 10.6 Å². The van der Waals surface area contributed by atoms with E-state index in [1.165, 1.54) is 30.3 Å². The SMILES string of the molecule is CC(C)c1cc(OCC(=O)NCCN2CCOCC2)cc2c1C(=O)N(COC(=O)c1c(Cl)cccc1Cl)S2(=O)=O. The summed E-state index contributed by atoms with van der Waals surface area (Å²) in [6.07, 6.45) is 0. The maximum absolute atomic E-state index is 13.3. The first-order valence-corrected chi connectivity index (χ1v) is 14.8. The van der Waals surface area contributed by atoms with E-state index < -0.39 is 28.6 Å². The van der Waals surface area contributed by atoms with E-state index in [1.807, 2.05) is 0 Å². The second kappa shape index (κ2) is 12.7. The van der Waals surface area contributed by atoms with Crippen LogP contribution < -0.4 is 10.1 Å². The maximum Gasteiger partial charge on any atom is 0.342 e. The van der Waals surface area contributed by atoms with Gasteiger partial charge in [0, 0.05) is 32.2 Å². The molecule has 0 spiro atoms. The van der Waals surface area contributed by atoms with Crippen molar-refractivity contribution in [1.82, 2.24) is 14.5 Å². The van der Waals surface area contributed by atoms with Gasteiger partial charge in [-0.05, 0) is 29.7 Å². The van der Waals surface area contributed by atoms with Crippen LogP contribution in [0.3, 0.4) is 0 Å². The monoisotopic (exact) mass is 613 g/mol. The van der Waals surface area contributed by atoms with Crippen LogP contribution >= 0.6 is 23.2 Å². The Hall–Kier alpha value is -2.90. The molecule has 2 aromatic carbocycles. The predicted octanol–water partition coefficient (Wildman–Crippen LogP) is 2.90. The standard InChI is InChI=1S/C26H29Cl2N3O8S/c1-16(2)18-12-17(38-14-22(32)29-6-7-30-8-10-37-11-9-30)13-21-23(18)25(33)31(40(21,35)36)15-39-26(34)24-19(27)4-3-5-20(24)28/h3-5,12-13,16H,6-11,14-15H2,1-2H3,(H,29,32). The van der Waals surface area contributed by atoms with E-state index in [9.17, 15) is 22.8 Å². The third-order valence-electron chi connectivity index (χ3n) is 6.44. The number of sulfonamides is 1. The Labute approximate surface area is 242 Å². The van der Waals surface area contributed by atoms with Gasteiger partial charge in [-0.3, -0.25) is 14.5 Å². The Morgan fingerprint density at radius 3 is 2.45 bits per heavy atom. The highest BCUT2D eigenvalue weighted by Gasteiger charge is 2.44. The van der Waals surface area contributed by atoms with E-state index in [0.717, 1.165) is 13.1 Å². The quantitative estimate of drug-likeness (QED) is 0.402. The summed E-state index contributed by atoms with van der Waals surface area (Å²) in [5.41, 5.74) is 0.232. The fraction of sp³-hybridized carbons (Fsp3) is 0.423. The van der Waals surface area contributed by atoms with E-state index >= 15 is 0 Å². The van der Waals surface area contributed by atoms with Crippen LogP contribution in [0.1, 0.15) is 46.0 Å². The van der Waals surface area contributed by atoms with Gasteiger partial charge in [0.2, 0.25) is 0 Å². The van der Waals surface area contributed by atoms with Crippen LogP contribution in [0.4, 0.5) is 0 Å². The van der Waals surface area contributed by atoms with Crippen molar-refractivity contribution in [1.29, 1.82) is 0 Å². The number of benzene rings is 2. The lowest BCUT2D eigenvalue weighted by Crippen LogP contribution is -2.42. The highest BCUT2D eigenvalue weighted by molar-refractivity contribution is 7.90. The summed E-state index contributed by atoms with van der Waals surface area (Å²) in [6.45, 7) is 6.40. The van der Waals surface area contributed by atoms with Gasteiger partial charge in [0.25, 0.3) is 21.8 Å². The molecule has 0 aromatic heterocycles. The number of fused-ring (bicyclic) bond motifs is 1. The molecular formula is C26H29Cl2N3O8S. The molecule has 1 N–H and O–H groups in total. The molecule has 40 heavy (non-hydrogen) atoms. The molecule has 2 heterocycles. The lowest BCUT2D eigenvalue weighted by atomic mass is 9.96. The number of rotatable bonds is 10. The highest BCUT2D eigenvalue weighted by Crippen LogP contribution is 2.39. The second-order valence-corrected chi connectivity index (χ2v) is 12.1. The first-order valence-electron chi connectivity index (χ1n) is 12.6. The van der Waals surface area contributed by atoms with E-state index in [0.29, 0.717) is 36.2 Å². The van der Waals surface area contributed by atoms with Gasteiger partial charge in [-0.25, -0.2) is 13.2 Å². The average Bonchev–Trinajstić information content (AvgIpc) is 3.10. The molecule has 2 amide bonds. The molecule has 0 unspecified atom stereocenters. The average molecular weight is 615 g/mol. The fourth-order valence-electron chi connectivity index (χ4n) is 4.32. The summed E-state index contributed by atoms with van der Waals surface area (Å²) >= 11 is 12.1. The van der Waals surface area contributed by atoms with Gasteiger partial charge in [0.15, 0.2) is 13.3 Å². The number of morpholine rings is 1. The smallest absolute Gasteiger partial charge is 0.342 e. The Kier molecular flexibility index (Phi) is 9.57. The molecule has 0 atom stereocenters. The van der Waals surface area contributed by atoms with Crippen LogP contribution in [0.2, 0.25) is 10.0 Å². The van der Waals surface area contributed by atoms with Crippen molar-refractivity contribution >= 4 is 51.0 Å². The maximum atomic E-state index is 13.3. The topological polar surface area (TPSA) is 132 Å². The van der Waals surface area contributed by atoms with Crippen LogP contribution in [-0.2, 0) is 24.3 Å². The number of nitrogens with one attached hydrogen (secondary N) is 1. The van der Waals surface area contributed by atoms with Gasteiger partial charge in [0.05, 0.1) is 34.4 Å². The largest absolute Gasteiger partial charge is 0.484 e. The molecule has 0 radical (unpaired) electrons. The number of ether oxygens (including phenoxy) is 3. The van der Waals surface area contributed by atoms with Crippen LogP contribution in [-0.4, -0.2) is 88.1 Å². The summed E-state index contributed by atoms with van der Waals surface area (Å²) in [5, 5.41) is 2.81. The second-order valence-electron chi connectivity index (χ2n) is 9.45. The third kappa shape index (κ3) is 6.52. The van der Waals surface area contributed by atoms with Crippen molar-refractivity contribution in [3.63, 3.8) is 0 Å². The van der Waals surface area contributed by atoms with Gasteiger partial charge < -0.3 is 19.5 Å². The van der Waals surface area contributed by atoms with Crippen molar-refractivity contribution in [3.8, 4) is 5.75 Å². The number of amides is 2. The lowest BCUT2D eigenvalue weighted by molar-refractivity contribution is -0.123. The normalized spacial score (nSPS) is 16.6. The summed E-state index contributed by atoms with van der Waals surface area (Å²) in [4.78, 5) is 40.0. The number of esters is 1. The van der Waals surface area contributed by atoms with E-state index in [1.54, 1.807) is 13.8 Å². The first-order chi connectivity index (χ1) is 19.0. The number of hydrogen-bond donors (Lipinski definition) is 1.